The molecule has 33 heavy (non-hydrogen) atoms. The van der Waals surface area contributed by atoms with Crippen LogP contribution in [0.25, 0.3) is 0 Å². The van der Waals surface area contributed by atoms with E-state index in [1.165, 1.54) is 19.1 Å². The molecule has 0 fully saturated rings. The third kappa shape index (κ3) is 6.12. The van der Waals surface area contributed by atoms with Crippen molar-refractivity contribution in [3.8, 4) is 5.75 Å². The molecule has 1 atom stereocenters. The van der Waals surface area contributed by atoms with Crippen molar-refractivity contribution in [3.63, 3.8) is 0 Å². The summed E-state index contributed by atoms with van der Waals surface area (Å²) in [5.74, 6) is -0.235. The fraction of sp³-hybridized carbons (Fsp3) is 0.261. The van der Waals surface area contributed by atoms with Gasteiger partial charge in [-0.15, -0.1) is 0 Å². The molecule has 7 nitrogen and oxygen atoms in total. The predicted octanol–water partition coefficient (Wildman–Crippen LogP) is 5.07. The van der Waals surface area contributed by atoms with Crippen molar-refractivity contribution < 1.29 is 36.8 Å². The average Bonchev–Trinajstić information content (AvgIpc) is 3.09. The quantitative estimate of drug-likeness (QED) is 0.493. The molecule has 1 amide bonds. The highest BCUT2D eigenvalue weighted by Gasteiger charge is 2.30. The Morgan fingerprint density at radius 1 is 1.06 bits per heavy atom. The zero-order valence-corrected chi connectivity index (χ0v) is 18.0. The van der Waals surface area contributed by atoms with Gasteiger partial charge in [-0.2, -0.15) is 13.2 Å². The first-order valence-electron chi connectivity index (χ1n) is 9.88. The minimum atomic E-state index is -4.47. The number of carbonyl (C=O) groups excluding carboxylic acids is 2. The number of hydrogen-bond acceptors (Lipinski definition) is 6. The lowest BCUT2D eigenvalue weighted by Crippen LogP contribution is -2.30. The van der Waals surface area contributed by atoms with Crippen molar-refractivity contribution in [3.05, 3.63) is 76.7 Å². The van der Waals surface area contributed by atoms with Crippen LogP contribution in [0.4, 0.5) is 18.9 Å². The van der Waals surface area contributed by atoms with Gasteiger partial charge in [-0.3, -0.25) is 4.79 Å². The van der Waals surface area contributed by atoms with Gasteiger partial charge in [-0.25, -0.2) is 4.79 Å². The molecule has 0 bridgehead atoms. The van der Waals surface area contributed by atoms with Crippen LogP contribution in [0.5, 0.6) is 5.75 Å². The molecule has 10 heteroatoms. The second-order valence-electron chi connectivity index (χ2n) is 7.23. The highest BCUT2D eigenvalue weighted by Crippen LogP contribution is 2.29. The van der Waals surface area contributed by atoms with Gasteiger partial charge in [0.1, 0.15) is 18.1 Å². The van der Waals surface area contributed by atoms with E-state index in [9.17, 15) is 22.8 Å². The van der Waals surface area contributed by atoms with Crippen molar-refractivity contribution in [1.29, 1.82) is 0 Å². The van der Waals surface area contributed by atoms with Crippen molar-refractivity contribution in [2.75, 3.05) is 5.32 Å². The molecule has 1 aromatic heterocycles. The molecule has 1 heterocycles. The van der Waals surface area contributed by atoms with E-state index in [2.05, 4.69) is 10.5 Å². The Morgan fingerprint density at radius 2 is 1.70 bits per heavy atom. The number of aryl methyl sites for hydroxylation is 2. The fourth-order valence-electron chi connectivity index (χ4n) is 2.82. The normalized spacial score (nSPS) is 12.2. The van der Waals surface area contributed by atoms with E-state index in [0.717, 1.165) is 35.5 Å². The number of ether oxygens (including phenoxy) is 2. The number of esters is 1. The van der Waals surface area contributed by atoms with Crippen LogP contribution in [-0.2, 0) is 22.3 Å². The summed E-state index contributed by atoms with van der Waals surface area (Å²) in [5, 5.41) is 6.26. The first kappa shape index (κ1) is 23.8. The van der Waals surface area contributed by atoms with Crippen LogP contribution in [-0.4, -0.2) is 23.1 Å². The maximum Gasteiger partial charge on any atom is 0.416 e. The molecule has 0 aliphatic carbocycles. The predicted molar refractivity (Wildman–Crippen MR) is 112 cm³/mol. The molecule has 0 spiro atoms. The second kappa shape index (κ2) is 9.76. The number of hydrogen-bond donors (Lipinski definition) is 1. The lowest BCUT2D eigenvalue weighted by molar-refractivity contribution is -0.137. The number of amides is 1. The van der Waals surface area contributed by atoms with Crippen LogP contribution in [0, 0.1) is 13.8 Å². The minimum Gasteiger partial charge on any atom is -0.489 e. The van der Waals surface area contributed by atoms with Crippen LogP contribution >= 0.6 is 0 Å². The Bertz CT molecular complexity index is 1100. The molecule has 174 valence electrons. The Hall–Kier alpha value is -3.82. The van der Waals surface area contributed by atoms with Crippen LogP contribution in [0.1, 0.15) is 39.9 Å². The zero-order valence-electron chi connectivity index (χ0n) is 18.0. The third-order valence-electron chi connectivity index (χ3n) is 4.79. The zero-order chi connectivity index (χ0) is 24.2. The highest BCUT2D eigenvalue weighted by molar-refractivity contribution is 5.97. The first-order valence-corrected chi connectivity index (χ1v) is 9.88. The number of anilines is 1. The third-order valence-corrected chi connectivity index (χ3v) is 4.79. The molecule has 1 unspecified atom stereocenters. The second-order valence-corrected chi connectivity index (χ2v) is 7.23. The number of halogens is 3. The average molecular weight is 462 g/mol. The van der Waals surface area contributed by atoms with Gasteiger partial charge in [0.05, 0.1) is 22.4 Å². The Labute approximate surface area is 187 Å². The lowest BCUT2D eigenvalue weighted by Gasteiger charge is -2.14. The monoisotopic (exact) mass is 462 g/mol. The van der Waals surface area contributed by atoms with E-state index in [0.29, 0.717) is 11.5 Å². The van der Waals surface area contributed by atoms with Crippen LogP contribution in [0.2, 0.25) is 0 Å². The van der Waals surface area contributed by atoms with E-state index in [1.807, 2.05) is 6.92 Å². The number of aromatic nitrogens is 1. The number of nitrogens with one attached hydrogen (secondary N) is 1. The van der Waals surface area contributed by atoms with Gasteiger partial charge in [0.15, 0.2) is 6.10 Å². The summed E-state index contributed by atoms with van der Waals surface area (Å²) >= 11 is 0. The smallest absolute Gasteiger partial charge is 0.416 e. The molecule has 0 saturated heterocycles. The Kier molecular flexibility index (Phi) is 7.05. The van der Waals surface area contributed by atoms with Crippen LogP contribution in [0.15, 0.2) is 53.1 Å². The molecular weight excluding hydrogens is 441 g/mol. The van der Waals surface area contributed by atoms with E-state index >= 15 is 0 Å². The number of benzene rings is 2. The summed E-state index contributed by atoms with van der Waals surface area (Å²) in [6, 6.07) is 10.1. The lowest BCUT2D eigenvalue weighted by atomic mass is 10.2. The summed E-state index contributed by atoms with van der Waals surface area (Å²) in [5.41, 5.74) is 1.09. The molecule has 2 aromatic carbocycles. The van der Waals surface area contributed by atoms with Gasteiger partial charge in [0.25, 0.3) is 5.91 Å². The standard InChI is InChI=1S/C23H21F3N2O5/c1-13-20(14(2)33-28-13)12-31-19-10-4-16(5-11-19)22(30)32-15(3)21(29)27-18-8-6-17(7-9-18)23(24,25)26/h4-11,15H,12H2,1-3H3,(H,27,29). The summed E-state index contributed by atoms with van der Waals surface area (Å²) in [4.78, 5) is 24.5. The van der Waals surface area contributed by atoms with E-state index in [1.54, 1.807) is 19.1 Å². The summed E-state index contributed by atoms with van der Waals surface area (Å²) in [7, 11) is 0. The first-order chi connectivity index (χ1) is 15.5. The van der Waals surface area contributed by atoms with E-state index in [-0.39, 0.29) is 17.9 Å². The SMILES string of the molecule is Cc1noc(C)c1COc1ccc(C(=O)OC(C)C(=O)Nc2ccc(C(F)(F)F)cc2)cc1. The molecular formula is C23H21F3N2O5. The Balaban J connectivity index is 1.53. The van der Waals surface area contributed by atoms with Gasteiger partial charge in [0, 0.05) is 5.69 Å². The fourth-order valence-corrected chi connectivity index (χ4v) is 2.82. The molecule has 0 aliphatic rings. The number of rotatable bonds is 7. The van der Waals surface area contributed by atoms with E-state index < -0.39 is 29.7 Å². The van der Waals surface area contributed by atoms with Gasteiger partial charge in [-0.05, 0) is 69.3 Å². The largest absolute Gasteiger partial charge is 0.489 e. The van der Waals surface area contributed by atoms with Crippen molar-refractivity contribution in [1.82, 2.24) is 5.16 Å². The van der Waals surface area contributed by atoms with Gasteiger partial charge in [-0.1, -0.05) is 5.16 Å². The molecule has 0 radical (unpaired) electrons. The molecule has 3 rings (SSSR count). The number of carbonyl (C=O) groups is 2. The highest BCUT2D eigenvalue weighted by atomic mass is 19.4. The maximum atomic E-state index is 12.6. The van der Waals surface area contributed by atoms with Crippen LogP contribution < -0.4 is 10.1 Å². The number of alkyl halides is 3. The molecule has 0 aliphatic heterocycles. The van der Waals surface area contributed by atoms with Gasteiger partial charge >= 0.3 is 12.1 Å². The van der Waals surface area contributed by atoms with E-state index in [4.69, 9.17) is 14.0 Å². The summed E-state index contributed by atoms with van der Waals surface area (Å²) < 4.78 is 53.8. The topological polar surface area (TPSA) is 90.7 Å². The van der Waals surface area contributed by atoms with Crippen molar-refractivity contribution >= 4 is 17.6 Å². The van der Waals surface area contributed by atoms with Crippen LogP contribution in [0.3, 0.4) is 0 Å². The minimum absolute atomic E-state index is 0.149. The summed E-state index contributed by atoms with van der Waals surface area (Å²) in [6.45, 7) is 5.21. The molecule has 3 aromatic rings. The Morgan fingerprint density at radius 3 is 2.24 bits per heavy atom. The number of nitrogens with zero attached hydrogens (tertiary/aromatic N) is 1. The van der Waals surface area contributed by atoms with Gasteiger partial charge < -0.3 is 19.3 Å². The van der Waals surface area contributed by atoms with Gasteiger partial charge in [0.2, 0.25) is 0 Å². The summed E-state index contributed by atoms with van der Waals surface area (Å²) in [6.07, 6.45) is -5.64. The maximum absolute atomic E-state index is 12.6. The van der Waals surface area contributed by atoms with Crippen molar-refractivity contribution in [2.24, 2.45) is 0 Å². The van der Waals surface area contributed by atoms with Crippen molar-refractivity contribution in [2.45, 2.75) is 39.7 Å². The molecule has 0 saturated carbocycles. The molecule has 1 N–H and O–H groups in total.